The zero-order chi connectivity index (χ0) is 13.4. The van der Waals surface area contributed by atoms with Gasteiger partial charge < -0.3 is 15.7 Å². The lowest BCUT2D eigenvalue weighted by Gasteiger charge is -2.06. The standard InChI is InChI=1S/C13H18N2O3/c1-2-10-3-5-11(6-4-10)9-15-13(18)12(17)14-7-8-16/h3-6,16H,2,7-9H2,1H3,(H,14,17)(H,15,18). The number of benzene rings is 1. The molecule has 0 fully saturated rings. The molecule has 0 atom stereocenters. The number of aryl methyl sites for hydroxylation is 1. The van der Waals surface area contributed by atoms with Crippen molar-refractivity contribution in [3.05, 3.63) is 35.4 Å². The largest absolute Gasteiger partial charge is 0.395 e. The molecule has 1 aromatic carbocycles. The van der Waals surface area contributed by atoms with Crippen molar-refractivity contribution >= 4 is 11.8 Å². The van der Waals surface area contributed by atoms with Crippen LogP contribution in [0.3, 0.4) is 0 Å². The fourth-order valence-electron chi connectivity index (χ4n) is 1.41. The molecule has 0 unspecified atom stereocenters. The Morgan fingerprint density at radius 1 is 1.06 bits per heavy atom. The van der Waals surface area contributed by atoms with E-state index in [4.69, 9.17) is 5.11 Å². The van der Waals surface area contributed by atoms with E-state index in [0.717, 1.165) is 12.0 Å². The highest BCUT2D eigenvalue weighted by Crippen LogP contribution is 2.04. The number of aliphatic hydroxyl groups excluding tert-OH is 1. The smallest absolute Gasteiger partial charge is 0.309 e. The van der Waals surface area contributed by atoms with Gasteiger partial charge in [-0.3, -0.25) is 9.59 Å². The van der Waals surface area contributed by atoms with Crippen molar-refractivity contribution in [2.24, 2.45) is 0 Å². The van der Waals surface area contributed by atoms with Crippen molar-refractivity contribution in [1.29, 1.82) is 0 Å². The predicted molar refractivity (Wildman–Crippen MR) is 67.8 cm³/mol. The lowest BCUT2D eigenvalue weighted by atomic mass is 10.1. The number of carbonyl (C=O) groups excluding carboxylic acids is 2. The van der Waals surface area contributed by atoms with Crippen LogP contribution in [0.5, 0.6) is 0 Å². The number of amides is 2. The molecule has 0 aliphatic rings. The number of nitrogens with one attached hydrogen (secondary N) is 2. The second-order valence-corrected chi connectivity index (χ2v) is 3.83. The monoisotopic (exact) mass is 250 g/mol. The van der Waals surface area contributed by atoms with E-state index in [-0.39, 0.29) is 13.2 Å². The van der Waals surface area contributed by atoms with Gasteiger partial charge in [0.05, 0.1) is 6.61 Å². The van der Waals surface area contributed by atoms with Crippen LogP contribution in [0, 0.1) is 0 Å². The number of rotatable bonds is 5. The van der Waals surface area contributed by atoms with Crippen molar-refractivity contribution in [3.63, 3.8) is 0 Å². The summed E-state index contributed by atoms with van der Waals surface area (Å²) in [5.41, 5.74) is 2.17. The molecule has 0 aromatic heterocycles. The van der Waals surface area contributed by atoms with Crippen LogP contribution in [0.25, 0.3) is 0 Å². The molecule has 0 bridgehead atoms. The van der Waals surface area contributed by atoms with Crippen LogP contribution in [0.1, 0.15) is 18.1 Å². The van der Waals surface area contributed by atoms with Crippen LogP contribution in [0.15, 0.2) is 24.3 Å². The molecule has 1 aromatic rings. The third kappa shape index (κ3) is 4.55. The maximum absolute atomic E-state index is 11.3. The minimum Gasteiger partial charge on any atom is -0.395 e. The van der Waals surface area contributed by atoms with Gasteiger partial charge in [0.25, 0.3) is 0 Å². The molecule has 0 radical (unpaired) electrons. The summed E-state index contributed by atoms with van der Waals surface area (Å²) in [6, 6.07) is 7.83. The average molecular weight is 250 g/mol. The Kier molecular flexibility index (Phi) is 5.87. The molecule has 0 saturated heterocycles. The van der Waals surface area contributed by atoms with E-state index in [9.17, 15) is 9.59 Å². The van der Waals surface area contributed by atoms with E-state index in [1.54, 1.807) is 0 Å². The number of aliphatic hydroxyl groups is 1. The number of carbonyl (C=O) groups is 2. The van der Waals surface area contributed by atoms with Gasteiger partial charge in [0.1, 0.15) is 0 Å². The summed E-state index contributed by atoms with van der Waals surface area (Å²) < 4.78 is 0. The molecule has 3 N–H and O–H groups in total. The molecule has 0 heterocycles. The topological polar surface area (TPSA) is 78.4 Å². The summed E-state index contributed by atoms with van der Waals surface area (Å²) in [6.45, 7) is 2.28. The zero-order valence-corrected chi connectivity index (χ0v) is 10.4. The minimum absolute atomic E-state index is 0.0808. The molecule has 0 aliphatic heterocycles. The Bertz CT molecular complexity index is 401. The number of hydrogen-bond acceptors (Lipinski definition) is 3. The molecule has 5 nitrogen and oxygen atoms in total. The molecule has 5 heteroatoms. The fraction of sp³-hybridized carbons (Fsp3) is 0.385. The summed E-state index contributed by atoms with van der Waals surface area (Å²) in [6.07, 6.45) is 0.968. The van der Waals surface area contributed by atoms with Crippen molar-refractivity contribution < 1.29 is 14.7 Å². The van der Waals surface area contributed by atoms with Gasteiger partial charge in [0.15, 0.2) is 0 Å². The van der Waals surface area contributed by atoms with Crippen LogP contribution in [-0.2, 0) is 22.6 Å². The lowest BCUT2D eigenvalue weighted by molar-refractivity contribution is -0.139. The van der Waals surface area contributed by atoms with Gasteiger partial charge in [0, 0.05) is 13.1 Å². The van der Waals surface area contributed by atoms with E-state index in [0.29, 0.717) is 6.54 Å². The SMILES string of the molecule is CCc1ccc(CNC(=O)C(=O)NCCO)cc1. The van der Waals surface area contributed by atoms with Crippen LogP contribution in [0.2, 0.25) is 0 Å². The second-order valence-electron chi connectivity index (χ2n) is 3.83. The Morgan fingerprint density at radius 3 is 2.17 bits per heavy atom. The third-order valence-electron chi connectivity index (χ3n) is 2.49. The van der Waals surface area contributed by atoms with Crippen molar-refractivity contribution in [3.8, 4) is 0 Å². The maximum atomic E-state index is 11.3. The summed E-state index contributed by atoms with van der Waals surface area (Å²) in [4.78, 5) is 22.5. The van der Waals surface area contributed by atoms with E-state index < -0.39 is 11.8 Å². The van der Waals surface area contributed by atoms with Crippen LogP contribution < -0.4 is 10.6 Å². The van der Waals surface area contributed by atoms with E-state index in [1.165, 1.54) is 5.56 Å². The first-order valence-electron chi connectivity index (χ1n) is 5.92. The second kappa shape index (κ2) is 7.45. The average Bonchev–Trinajstić information content (AvgIpc) is 2.42. The molecular weight excluding hydrogens is 232 g/mol. The first kappa shape index (κ1) is 14.2. The van der Waals surface area contributed by atoms with Crippen molar-refractivity contribution in [2.45, 2.75) is 19.9 Å². The zero-order valence-electron chi connectivity index (χ0n) is 10.4. The van der Waals surface area contributed by atoms with Gasteiger partial charge in [-0.25, -0.2) is 0 Å². The Balaban J connectivity index is 2.39. The first-order chi connectivity index (χ1) is 8.67. The maximum Gasteiger partial charge on any atom is 0.309 e. The molecule has 98 valence electrons. The predicted octanol–water partition coefficient (Wildman–Crippen LogP) is -0.0263. The van der Waals surface area contributed by atoms with Gasteiger partial charge in [0.2, 0.25) is 0 Å². The molecule has 2 amide bonds. The summed E-state index contributed by atoms with van der Waals surface area (Å²) in [7, 11) is 0. The Labute approximate surface area is 106 Å². The van der Waals surface area contributed by atoms with Crippen molar-refractivity contribution in [1.82, 2.24) is 10.6 Å². The van der Waals surface area contributed by atoms with Crippen LogP contribution in [0.4, 0.5) is 0 Å². The molecule has 0 spiro atoms. The number of hydrogen-bond donors (Lipinski definition) is 3. The van der Waals surface area contributed by atoms with E-state index in [2.05, 4.69) is 17.6 Å². The highest BCUT2D eigenvalue weighted by molar-refractivity contribution is 6.35. The fourth-order valence-corrected chi connectivity index (χ4v) is 1.41. The third-order valence-corrected chi connectivity index (χ3v) is 2.49. The molecular formula is C13H18N2O3. The first-order valence-corrected chi connectivity index (χ1v) is 5.92. The Morgan fingerprint density at radius 2 is 1.61 bits per heavy atom. The van der Waals surface area contributed by atoms with Gasteiger partial charge in [-0.15, -0.1) is 0 Å². The van der Waals surface area contributed by atoms with Gasteiger partial charge in [-0.05, 0) is 17.5 Å². The summed E-state index contributed by atoms with van der Waals surface area (Å²) in [5.74, 6) is -1.42. The lowest BCUT2D eigenvalue weighted by Crippen LogP contribution is -2.40. The van der Waals surface area contributed by atoms with E-state index >= 15 is 0 Å². The van der Waals surface area contributed by atoms with Crippen LogP contribution in [-0.4, -0.2) is 30.1 Å². The van der Waals surface area contributed by atoms with Crippen LogP contribution >= 0.6 is 0 Å². The molecule has 1 rings (SSSR count). The normalized spacial score (nSPS) is 9.89. The summed E-state index contributed by atoms with van der Waals surface area (Å²) in [5, 5.41) is 13.3. The molecule has 18 heavy (non-hydrogen) atoms. The van der Waals surface area contributed by atoms with Crippen molar-refractivity contribution in [2.75, 3.05) is 13.2 Å². The van der Waals surface area contributed by atoms with Gasteiger partial charge in [-0.1, -0.05) is 31.2 Å². The van der Waals surface area contributed by atoms with Gasteiger partial charge >= 0.3 is 11.8 Å². The van der Waals surface area contributed by atoms with Gasteiger partial charge in [-0.2, -0.15) is 0 Å². The van der Waals surface area contributed by atoms with E-state index in [1.807, 2.05) is 24.3 Å². The minimum atomic E-state index is -0.728. The quantitative estimate of drug-likeness (QED) is 0.642. The molecule has 0 aliphatic carbocycles. The molecule has 0 saturated carbocycles. The summed E-state index contributed by atoms with van der Waals surface area (Å²) >= 11 is 0. The Hall–Kier alpha value is -1.88. The highest BCUT2D eigenvalue weighted by atomic mass is 16.3. The highest BCUT2D eigenvalue weighted by Gasteiger charge is 2.11.